The van der Waals surface area contributed by atoms with Gasteiger partial charge in [0.2, 0.25) is 0 Å². The Morgan fingerprint density at radius 1 is 1.05 bits per heavy atom. The zero-order valence-electron chi connectivity index (χ0n) is 13.4. The van der Waals surface area contributed by atoms with Gasteiger partial charge in [-0.05, 0) is 61.2 Å². The van der Waals surface area contributed by atoms with E-state index in [4.69, 9.17) is 4.74 Å². The van der Waals surface area contributed by atoms with Crippen molar-refractivity contribution in [1.29, 1.82) is 0 Å². The molecule has 1 N–H and O–H groups in total. The zero-order chi connectivity index (χ0) is 15.2. The number of benzene rings is 2. The van der Waals surface area contributed by atoms with E-state index >= 15 is 0 Å². The molecular formula is C19H25NO. The normalized spacial score (nSPS) is 12.2. The molecule has 0 fully saturated rings. The lowest BCUT2D eigenvalue weighted by Gasteiger charge is -2.23. The summed E-state index contributed by atoms with van der Waals surface area (Å²) in [6, 6.07) is 15.2. The Kier molecular flexibility index (Phi) is 5.40. The number of hydrogen-bond donors (Lipinski definition) is 1. The van der Waals surface area contributed by atoms with Gasteiger partial charge in [0.25, 0.3) is 0 Å². The highest BCUT2D eigenvalue weighted by atomic mass is 16.5. The summed E-state index contributed by atoms with van der Waals surface area (Å²) in [5.41, 5.74) is 5.41. The minimum atomic E-state index is 0.336. The lowest BCUT2D eigenvalue weighted by Crippen LogP contribution is -2.24. The fourth-order valence-electron chi connectivity index (χ4n) is 2.93. The van der Waals surface area contributed by atoms with Crippen molar-refractivity contribution in [3.8, 4) is 5.75 Å². The Bertz CT molecular complexity index is 572. The Morgan fingerprint density at radius 3 is 2.33 bits per heavy atom. The largest absolute Gasteiger partial charge is 0.497 e. The molecule has 0 radical (unpaired) electrons. The first-order chi connectivity index (χ1) is 10.2. The lowest BCUT2D eigenvalue weighted by atomic mass is 9.91. The number of likely N-dealkylation sites (N-methyl/N-ethyl adjacent to an activating group) is 1. The molecule has 2 nitrogen and oxygen atoms in total. The Balaban J connectivity index is 2.30. The molecule has 0 aliphatic rings. The highest BCUT2D eigenvalue weighted by molar-refractivity contribution is 5.38. The Hall–Kier alpha value is -1.80. The Labute approximate surface area is 128 Å². The SMILES string of the molecule is CCNC(Cc1cccc(OC)c1)c1c(C)cccc1C. The number of aryl methyl sites for hydroxylation is 2. The summed E-state index contributed by atoms with van der Waals surface area (Å²) in [7, 11) is 1.71. The standard InChI is InChI=1S/C19H25NO/c1-5-20-18(19-14(2)8-6-9-15(19)3)13-16-10-7-11-17(12-16)21-4/h6-12,18,20H,5,13H2,1-4H3. The van der Waals surface area contributed by atoms with Gasteiger partial charge in [-0.2, -0.15) is 0 Å². The van der Waals surface area contributed by atoms with E-state index in [1.807, 2.05) is 6.07 Å². The molecule has 2 aromatic rings. The summed E-state index contributed by atoms with van der Waals surface area (Å²) in [5, 5.41) is 3.63. The number of ether oxygens (including phenoxy) is 1. The van der Waals surface area contributed by atoms with Gasteiger partial charge in [0.15, 0.2) is 0 Å². The molecule has 21 heavy (non-hydrogen) atoms. The first-order valence-corrected chi connectivity index (χ1v) is 7.58. The van der Waals surface area contributed by atoms with Crippen LogP contribution in [0.4, 0.5) is 0 Å². The molecule has 0 aliphatic carbocycles. The molecule has 1 unspecified atom stereocenters. The third-order valence-corrected chi connectivity index (χ3v) is 3.92. The first kappa shape index (κ1) is 15.6. The average Bonchev–Trinajstić information content (AvgIpc) is 2.47. The summed E-state index contributed by atoms with van der Waals surface area (Å²) in [5.74, 6) is 0.921. The quantitative estimate of drug-likeness (QED) is 0.857. The van der Waals surface area contributed by atoms with Gasteiger partial charge in [-0.3, -0.25) is 0 Å². The Morgan fingerprint density at radius 2 is 1.71 bits per heavy atom. The number of hydrogen-bond acceptors (Lipinski definition) is 2. The van der Waals surface area contributed by atoms with Crippen molar-refractivity contribution in [2.24, 2.45) is 0 Å². The minimum absolute atomic E-state index is 0.336. The second kappa shape index (κ2) is 7.28. The second-order valence-corrected chi connectivity index (χ2v) is 5.47. The summed E-state index contributed by atoms with van der Waals surface area (Å²) < 4.78 is 5.33. The van der Waals surface area contributed by atoms with E-state index in [0.717, 1.165) is 18.7 Å². The van der Waals surface area contributed by atoms with E-state index in [1.165, 1.54) is 22.3 Å². The monoisotopic (exact) mass is 283 g/mol. The summed E-state index contributed by atoms with van der Waals surface area (Å²) >= 11 is 0. The lowest BCUT2D eigenvalue weighted by molar-refractivity contribution is 0.414. The molecule has 0 heterocycles. The highest BCUT2D eigenvalue weighted by Gasteiger charge is 2.15. The van der Waals surface area contributed by atoms with Gasteiger partial charge in [-0.25, -0.2) is 0 Å². The number of methoxy groups -OCH3 is 1. The van der Waals surface area contributed by atoms with Gasteiger partial charge >= 0.3 is 0 Å². The van der Waals surface area contributed by atoms with Crippen molar-refractivity contribution in [1.82, 2.24) is 5.32 Å². The molecule has 0 aromatic heterocycles. The smallest absolute Gasteiger partial charge is 0.119 e. The van der Waals surface area contributed by atoms with E-state index in [1.54, 1.807) is 7.11 Å². The van der Waals surface area contributed by atoms with E-state index in [9.17, 15) is 0 Å². The topological polar surface area (TPSA) is 21.3 Å². The molecule has 112 valence electrons. The summed E-state index contributed by atoms with van der Waals surface area (Å²) in [6.07, 6.45) is 0.969. The summed E-state index contributed by atoms with van der Waals surface area (Å²) in [6.45, 7) is 7.51. The third kappa shape index (κ3) is 3.85. The van der Waals surface area contributed by atoms with Crippen LogP contribution in [0.2, 0.25) is 0 Å². The van der Waals surface area contributed by atoms with Crippen molar-refractivity contribution in [3.63, 3.8) is 0 Å². The molecule has 0 saturated carbocycles. The maximum Gasteiger partial charge on any atom is 0.119 e. The number of nitrogens with one attached hydrogen (secondary N) is 1. The third-order valence-electron chi connectivity index (χ3n) is 3.92. The van der Waals surface area contributed by atoms with Crippen molar-refractivity contribution in [3.05, 3.63) is 64.7 Å². The van der Waals surface area contributed by atoms with Crippen molar-refractivity contribution >= 4 is 0 Å². The molecule has 2 aromatic carbocycles. The van der Waals surface area contributed by atoms with Crippen molar-refractivity contribution in [2.75, 3.05) is 13.7 Å². The van der Waals surface area contributed by atoms with Crippen LogP contribution >= 0.6 is 0 Å². The van der Waals surface area contributed by atoms with Crippen LogP contribution in [-0.4, -0.2) is 13.7 Å². The van der Waals surface area contributed by atoms with Gasteiger partial charge < -0.3 is 10.1 Å². The van der Waals surface area contributed by atoms with Crippen LogP contribution < -0.4 is 10.1 Å². The van der Waals surface area contributed by atoms with E-state index in [0.29, 0.717) is 6.04 Å². The van der Waals surface area contributed by atoms with Crippen LogP contribution in [0.1, 0.15) is 35.2 Å². The van der Waals surface area contributed by atoms with Crippen LogP contribution in [0.15, 0.2) is 42.5 Å². The molecule has 1 atom stereocenters. The summed E-state index contributed by atoms with van der Waals surface area (Å²) in [4.78, 5) is 0. The molecule has 0 saturated heterocycles. The predicted octanol–water partition coefficient (Wildman–Crippen LogP) is 4.21. The van der Waals surface area contributed by atoms with Crippen molar-refractivity contribution < 1.29 is 4.74 Å². The maximum absolute atomic E-state index is 5.33. The van der Waals surface area contributed by atoms with Gasteiger partial charge in [-0.15, -0.1) is 0 Å². The molecule has 0 spiro atoms. The fourth-order valence-corrected chi connectivity index (χ4v) is 2.93. The van der Waals surface area contributed by atoms with Gasteiger partial charge in [0, 0.05) is 6.04 Å². The average molecular weight is 283 g/mol. The molecule has 2 heteroatoms. The van der Waals surface area contributed by atoms with Crippen LogP contribution in [0, 0.1) is 13.8 Å². The first-order valence-electron chi connectivity index (χ1n) is 7.58. The van der Waals surface area contributed by atoms with Crippen LogP contribution in [0.25, 0.3) is 0 Å². The van der Waals surface area contributed by atoms with E-state index in [-0.39, 0.29) is 0 Å². The molecule has 0 aliphatic heterocycles. The second-order valence-electron chi connectivity index (χ2n) is 5.47. The number of rotatable bonds is 6. The zero-order valence-corrected chi connectivity index (χ0v) is 13.4. The fraction of sp³-hybridized carbons (Fsp3) is 0.368. The maximum atomic E-state index is 5.33. The molecule has 2 rings (SSSR count). The van der Waals surface area contributed by atoms with E-state index < -0.39 is 0 Å². The van der Waals surface area contributed by atoms with Crippen LogP contribution in [0.3, 0.4) is 0 Å². The van der Waals surface area contributed by atoms with Crippen molar-refractivity contribution in [2.45, 2.75) is 33.2 Å². The van der Waals surface area contributed by atoms with Gasteiger partial charge in [0.1, 0.15) is 5.75 Å². The van der Waals surface area contributed by atoms with Crippen LogP contribution in [0.5, 0.6) is 5.75 Å². The van der Waals surface area contributed by atoms with Gasteiger partial charge in [0.05, 0.1) is 7.11 Å². The molecule has 0 bridgehead atoms. The van der Waals surface area contributed by atoms with E-state index in [2.05, 4.69) is 62.5 Å². The minimum Gasteiger partial charge on any atom is -0.497 e. The molecular weight excluding hydrogens is 258 g/mol. The van der Waals surface area contributed by atoms with Gasteiger partial charge in [-0.1, -0.05) is 37.3 Å². The predicted molar refractivity (Wildman–Crippen MR) is 89.0 cm³/mol. The highest BCUT2D eigenvalue weighted by Crippen LogP contribution is 2.26. The molecule has 0 amide bonds. The van der Waals surface area contributed by atoms with Crippen LogP contribution in [-0.2, 0) is 6.42 Å².